The molecule has 27 heavy (non-hydrogen) atoms. The third kappa shape index (κ3) is 4.57. The highest BCUT2D eigenvalue weighted by Gasteiger charge is 2.23. The van der Waals surface area contributed by atoms with E-state index >= 15 is 0 Å². The summed E-state index contributed by atoms with van der Waals surface area (Å²) in [4.78, 5) is 16.9. The third-order valence-electron chi connectivity index (χ3n) is 4.75. The number of methoxy groups -OCH3 is 1. The van der Waals surface area contributed by atoms with E-state index < -0.39 is 0 Å². The second-order valence-electron chi connectivity index (χ2n) is 6.42. The van der Waals surface area contributed by atoms with Crippen LogP contribution in [-0.2, 0) is 11.3 Å². The van der Waals surface area contributed by atoms with Gasteiger partial charge in [-0.1, -0.05) is 0 Å². The van der Waals surface area contributed by atoms with Gasteiger partial charge in [0.1, 0.15) is 11.6 Å². The molecule has 1 saturated heterocycles. The van der Waals surface area contributed by atoms with Crippen molar-refractivity contribution in [1.29, 1.82) is 0 Å². The number of nitrogens with zero attached hydrogens (tertiary/aromatic N) is 2. The minimum absolute atomic E-state index is 0.00848. The van der Waals surface area contributed by atoms with E-state index in [4.69, 9.17) is 9.47 Å². The molecule has 1 amide bonds. The molecule has 0 bridgehead atoms. The van der Waals surface area contributed by atoms with Crippen LogP contribution in [0.2, 0.25) is 0 Å². The lowest BCUT2D eigenvalue weighted by Crippen LogP contribution is -2.48. The quantitative estimate of drug-likeness (QED) is 0.780. The highest BCUT2D eigenvalue weighted by molar-refractivity contribution is 5.94. The molecule has 0 aliphatic carbocycles. The molecule has 1 aliphatic rings. The monoisotopic (exact) mass is 372 g/mol. The smallest absolute Gasteiger partial charge is 0.253 e. The van der Waals surface area contributed by atoms with Gasteiger partial charge in [-0.05, 0) is 49.4 Å². The molecular formula is C21H25FN2O3. The molecule has 0 atom stereocenters. The lowest BCUT2D eigenvalue weighted by molar-refractivity contribution is 0.0746. The number of amides is 1. The SMILES string of the molecule is CCOCc1cc(C(=O)N2CCN(c3ccc(F)cc3)CC2)ccc1OC. The van der Waals surface area contributed by atoms with Crippen LogP contribution in [0.15, 0.2) is 42.5 Å². The zero-order valence-electron chi connectivity index (χ0n) is 15.8. The second-order valence-corrected chi connectivity index (χ2v) is 6.42. The Balaban J connectivity index is 1.65. The maximum atomic E-state index is 13.1. The standard InChI is InChI=1S/C21H25FN2O3/c1-3-27-15-17-14-16(4-9-20(17)26-2)21(25)24-12-10-23(11-13-24)19-7-5-18(22)6-8-19/h4-9,14H,3,10-13,15H2,1-2H3. The molecule has 1 fully saturated rings. The molecule has 0 unspecified atom stereocenters. The van der Waals surface area contributed by atoms with Crippen molar-refractivity contribution in [2.45, 2.75) is 13.5 Å². The van der Waals surface area contributed by atoms with Gasteiger partial charge in [0.2, 0.25) is 0 Å². The van der Waals surface area contributed by atoms with E-state index in [2.05, 4.69) is 4.90 Å². The van der Waals surface area contributed by atoms with Crippen molar-refractivity contribution in [3.05, 3.63) is 59.4 Å². The van der Waals surface area contributed by atoms with Crippen molar-refractivity contribution in [3.8, 4) is 5.75 Å². The van der Waals surface area contributed by atoms with Crippen molar-refractivity contribution in [2.24, 2.45) is 0 Å². The van der Waals surface area contributed by atoms with Crippen LogP contribution >= 0.6 is 0 Å². The first kappa shape index (κ1) is 19.2. The van der Waals surface area contributed by atoms with Crippen LogP contribution in [0, 0.1) is 5.82 Å². The summed E-state index contributed by atoms with van der Waals surface area (Å²) in [5.41, 5.74) is 2.49. The van der Waals surface area contributed by atoms with E-state index in [9.17, 15) is 9.18 Å². The first-order valence-corrected chi connectivity index (χ1v) is 9.17. The summed E-state index contributed by atoms with van der Waals surface area (Å²) >= 11 is 0. The molecule has 2 aromatic carbocycles. The van der Waals surface area contributed by atoms with Gasteiger partial charge in [-0.3, -0.25) is 4.79 Å². The van der Waals surface area contributed by atoms with Gasteiger partial charge in [0, 0.05) is 49.6 Å². The molecule has 0 radical (unpaired) electrons. The third-order valence-corrected chi connectivity index (χ3v) is 4.75. The van der Waals surface area contributed by atoms with E-state index in [-0.39, 0.29) is 11.7 Å². The molecule has 0 spiro atoms. The Hall–Kier alpha value is -2.60. The Kier molecular flexibility index (Phi) is 6.29. The van der Waals surface area contributed by atoms with Gasteiger partial charge in [0.05, 0.1) is 13.7 Å². The van der Waals surface area contributed by atoms with Crippen LogP contribution in [0.1, 0.15) is 22.8 Å². The molecule has 3 rings (SSSR count). The number of ether oxygens (including phenoxy) is 2. The zero-order valence-corrected chi connectivity index (χ0v) is 15.8. The van der Waals surface area contributed by atoms with Gasteiger partial charge in [0.25, 0.3) is 5.91 Å². The van der Waals surface area contributed by atoms with Crippen LogP contribution in [-0.4, -0.2) is 50.7 Å². The first-order chi connectivity index (χ1) is 13.1. The summed E-state index contributed by atoms with van der Waals surface area (Å²) in [5.74, 6) is 0.491. The van der Waals surface area contributed by atoms with Gasteiger partial charge in [0.15, 0.2) is 0 Å². The maximum Gasteiger partial charge on any atom is 0.253 e. The van der Waals surface area contributed by atoms with Crippen LogP contribution in [0.3, 0.4) is 0 Å². The average molecular weight is 372 g/mol. The topological polar surface area (TPSA) is 42.0 Å². The van der Waals surface area contributed by atoms with E-state index in [1.807, 2.05) is 24.0 Å². The highest BCUT2D eigenvalue weighted by atomic mass is 19.1. The summed E-state index contributed by atoms with van der Waals surface area (Å²) in [6.07, 6.45) is 0. The Labute approximate surface area is 159 Å². The normalized spacial score (nSPS) is 14.3. The summed E-state index contributed by atoms with van der Waals surface area (Å²) in [6.45, 7) is 5.65. The molecule has 0 N–H and O–H groups in total. The Morgan fingerprint density at radius 2 is 1.78 bits per heavy atom. The number of hydrogen-bond acceptors (Lipinski definition) is 4. The minimum Gasteiger partial charge on any atom is -0.496 e. The van der Waals surface area contributed by atoms with E-state index in [1.165, 1.54) is 12.1 Å². The number of carbonyl (C=O) groups is 1. The number of carbonyl (C=O) groups excluding carboxylic acids is 1. The lowest BCUT2D eigenvalue weighted by Gasteiger charge is -2.36. The number of halogens is 1. The number of anilines is 1. The van der Waals surface area contributed by atoms with Crippen molar-refractivity contribution in [2.75, 3.05) is 44.8 Å². The molecule has 0 aromatic heterocycles. The fraction of sp³-hybridized carbons (Fsp3) is 0.381. The predicted molar refractivity (Wildman–Crippen MR) is 103 cm³/mol. The summed E-state index contributed by atoms with van der Waals surface area (Å²) < 4.78 is 23.9. The molecule has 6 heteroatoms. The predicted octanol–water partition coefficient (Wildman–Crippen LogP) is 3.33. The van der Waals surface area contributed by atoms with Gasteiger partial charge in [-0.2, -0.15) is 0 Å². The van der Waals surface area contributed by atoms with Crippen LogP contribution in [0.25, 0.3) is 0 Å². The van der Waals surface area contributed by atoms with Crippen LogP contribution < -0.4 is 9.64 Å². The van der Waals surface area contributed by atoms with E-state index in [0.717, 1.165) is 30.1 Å². The molecule has 2 aromatic rings. The summed E-state index contributed by atoms with van der Waals surface area (Å²) in [5, 5.41) is 0. The Bertz CT molecular complexity index is 771. The van der Waals surface area contributed by atoms with E-state index in [1.54, 1.807) is 25.3 Å². The fourth-order valence-electron chi connectivity index (χ4n) is 3.24. The number of benzene rings is 2. The molecule has 1 heterocycles. The van der Waals surface area contributed by atoms with Crippen molar-refractivity contribution >= 4 is 11.6 Å². The van der Waals surface area contributed by atoms with Gasteiger partial charge in [-0.25, -0.2) is 4.39 Å². The molecule has 5 nitrogen and oxygen atoms in total. The Morgan fingerprint density at radius 3 is 2.41 bits per heavy atom. The number of rotatable bonds is 6. The first-order valence-electron chi connectivity index (χ1n) is 9.17. The lowest BCUT2D eigenvalue weighted by atomic mass is 10.1. The highest BCUT2D eigenvalue weighted by Crippen LogP contribution is 2.23. The van der Waals surface area contributed by atoms with Gasteiger partial charge < -0.3 is 19.3 Å². The van der Waals surface area contributed by atoms with Crippen molar-refractivity contribution in [3.63, 3.8) is 0 Å². The van der Waals surface area contributed by atoms with Gasteiger partial charge >= 0.3 is 0 Å². The summed E-state index contributed by atoms with van der Waals surface area (Å²) in [6, 6.07) is 11.9. The van der Waals surface area contributed by atoms with Crippen molar-refractivity contribution < 1.29 is 18.7 Å². The molecule has 144 valence electrons. The summed E-state index contributed by atoms with van der Waals surface area (Å²) in [7, 11) is 1.61. The largest absolute Gasteiger partial charge is 0.496 e. The Morgan fingerprint density at radius 1 is 1.07 bits per heavy atom. The fourth-order valence-corrected chi connectivity index (χ4v) is 3.24. The van der Waals surface area contributed by atoms with E-state index in [0.29, 0.717) is 31.9 Å². The molecule has 1 aliphatic heterocycles. The minimum atomic E-state index is -0.241. The number of hydrogen-bond donors (Lipinski definition) is 0. The van der Waals surface area contributed by atoms with Gasteiger partial charge in [-0.15, -0.1) is 0 Å². The van der Waals surface area contributed by atoms with Crippen LogP contribution in [0.5, 0.6) is 5.75 Å². The van der Waals surface area contributed by atoms with Crippen LogP contribution in [0.4, 0.5) is 10.1 Å². The number of piperazine rings is 1. The zero-order chi connectivity index (χ0) is 19.2. The molecular weight excluding hydrogens is 347 g/mol. The van der Waals surface area contributed by atoms with Crippen molar-refractivity contribution in [1.82, 2.24) is 4.90 Å². The second kappa shape index (κ2) is 8.86. The molecule has 0 saturated carbocycles. The average Bonchev–Trinajstić information content (AvgIpc) is 2.72. The maximum absolute atomic E-state index is 13.1.